The lowest BCUT2D eigenvalue weighted by Crippen LogP contribution is -2.34. The van der Waals surface area contributed by atoms with Crippen molar-refractivity contribution in [3.8, 4) is 0 Å². The minimum Gasteiger partial charge on any atom is -0.381 e. The number of carbonyl (C=O) groups is 2. The first-order valence-electron chi connectivity index (χ1n) is 8.58. The molecular formula is C18H27N3O3. The summed E-state index contributed by atoms with van der Waals surface area (Å²) in [6.07, 6.45) is 3.37. The smallest absolute Gasteiger partial charge is 0.319 e. The van der Waals surface area contributed by atoms with Crippen molar-refractivity contribution in [2.24, 2.45) is 5.92 Å². The largest absolute Gasteiger partial charge is 0.381 e. The second-order valence-corrected chi connectivity index (χ2v) is 6.46. The van der Waals surface area contributed by atoms with Gasteiger partial charge in [-0.3, -0.25) is 4.79 Å². The van der Waals surface area contributed by atoms with Crippen LogP contribution in [-0.2, 0) is 4.74 Å². The van der Waals surface area contributed by atoms with Crippen molar-refractivity contribution in [2.75, 3.05) is 25.1 Å². The van der Waals surface area contributed by atoms with Gasteiger partial charge in [-0.25, -0.2) is 4.79 Å². The van der Waals surface area contributed by atoms with Crippen LogP contribution in [0.4, 0.5) is 10.5 Å². The van der Waals surface area contributed by atoms with Gasteiger partial charge in [-0.1, -0.05) is 6.07 Å². The fraction of sp³-hybridized carbons (Fsp3) is 0.556. The molecule has 1 aliphatic carbocycles. The molecule has 6 nitrogen and oxygen atoms in total. The van der Waals surface area contributed by atoms with Gasteiger partial charge in [0.15, 0.2) is 0 Å². The molecule has 0 radical (unpaired) electrons. The Morgan fingerprint density at radius 1 is 1.29 bits per heavy atom. The van der Waals surface area contributed by atoms with Crippen LogP contribution in [0.2, 0.25) is 0 Å². The van der Waals surface area contributed by atoms with E-state index in [0.29, 0.717) is 24.4 Å². The summed E-state index contributed by atoms with van der Waals surface area (Å²) in [5.41, 5.74) is 1.12. The maximum absolute atomic E-state index is 12.1. The van der Waals surface area contributed by atoms with E-state index in [4.69, 9.17) is 4.74 Å². The summed E-state index contributed by atoms with van der Waals surface area (Å²) in [6.45, 7) is 5.87. The van der Waals surface area contributed by atoms with E-state index in [1.165, 1.54) is 12.8 Å². The highest BCUT2D eigenvalue weighted by molar-refractivity contribution is 5.96. The molecule has 0 saturated heterocycles. The zero-order valence-electron chi connectivity index (χ0n) is 14.4. The first-order chi connectivity index (χ1) is 11.5. The van der Waals surface area contributed by atoms with E-state index in [9.17, 15) is 9.59 Å². The Hall–Kier alpha value is -2.08. The van der Waals surface area contributed by atoms with Crippen LogP contribution in [0.25, 0.3) is 0 Å². The van der Waals surface area contributed by atoms with Crippen molar-refractivity contribution in [1.82, 2.24) is 10.6 Å². The van der Waals surface area contributed by atoms with Gasteiger partial charge in [-0.15, -0.1) is 0 Å². The summed E-state index contributed by atoms with van der Waals surface area (Å²) in [4.78, 5) is 23.8. The highest BCUT2D eigenvalue weighted by Crippen LogP contribution is 2.28. The van der Waals surface area contributed by atoms with Crippen LogP contribution in [0.1, 0.15) is 43.5 Å². The number of ether oxygens (including phenoxy) is 1. The third-order valence-electron chi connectivity index (χ3n) is 3.60. The van der Waals surface area contributed by atoms with Crippen molar-refractivity contribution in [2.45, 2.75) is 39.2 Å². The van der Waals surface area contributed by atoms with Crippen molar-refractivity contribution in [1.29, 1.82) is 0 Å². The second kappa shape index (κ2) is 9.27. The molecule has 24 heavy (non-hydrogen) atoms. The Balaban J connectivity index is 1.70. The average Bonchev–Trinajstić information content (AvgIpc) is 3.34. The highest BCUT2D eigenvalue weighted by atomic mass is 16.5. The fourth-order valence-electron chi connectivity index (χ4n) is 2.18. The molecular weight excluding hydrogens is 306 g/mol. The molecule has 132 valence electrons. The molecule has 0 aliphatic heterocycles. The van der Waals surface area contributed by atoms with Gasteiger partial charge in [0.2, 0.25) is 0 Å². The van der Waals surface area contributed by atoms with Gasteiger partial charge >= 0.3 is 6.03 Å². The van der Waals surface area contributed by atoms with Crippen molar-refractivity contribution in [3.63, 3.8) is 0 Å². The molecule has 1 saturated carbocycles. The average molecular weight is 333 g/mol. The third kappa shape index (κ3) is 7.00. The SMILES string of the molecule is CC(C)NC(=O)Nc1cccc(C(=O)NCCCOCC2CC2)c1. The van der Waals surface area contributed by atoms with E-state index in [2.05, 4.69) is 16.0 Å². The molecule has 3 N–H and O–H groups in total. The molecule has 1 aromatic rings. The van der Waals surface area contributed by atoms with Gasteiger partial charge < -0.3 is 20.7 Å². The lowest BCUT2D eigenvalue weighted by molar-refractivity contribution is 0.0937. The number of urea groups is 1. The first kappa shape index (κ1) is 18.3. The van der Waals surface area contributed by atoms with E-state index in [1.54, 1.807) is 24.3 Å². The molecule has 0 bridgehead atoms. The van der Waals surface area contributed by atoms with Crippen LogP contribution in [-0.4, -0.2) is 37.7 Å². The molecule has 3 amide bonds. The van der Waals surface area contributed by atoms with Gasteiger partial charge in [-0.2, -0.15) is 0 Å². The normalized spacial score (nSPS) is 13.6. The summed E-state index contributed by atoms with van der Waals surface area (Å²) in [6, 6.07) is 6.67. The van der Waals surface area contributed by atoms with E-state index in [1.807, 2.05) is 13.8 Å². The van der Waals surface area contributed by atoms with Gasteiger partial charge in [0, 0.05) is 37.1 Å². The topological polar surface area (TPSA) is 79.5 Å². The molecule has 1 aromatic carbocycles. The molecule has 0 unspecified atom stereocenters. The molecule has 0 atom stereocenters. The number of rotatable bonds is 9. The lowest BCUT2D eigenvalue weighted by Gasteiger charge is -2.11. The van der Waals surface area contributed by atoms with E-state index >= 15 is 0 Å². The molecule has 6 heteroatoms. The van der Waals surface area contributed by atoms with Gasteiger partial charge in [0.05, 0.1) is 0 Å². The zero-order chi connectivity index (χ0) is 17.4. The standard InChI is InChI=1S/C18H27N3O3/c1-13(2)20-18(23)21-16-6-3-5-15(11-16)17(22)19-9-4-10-24-12-14-7-8-14/h3,5-6,11,13-14H,4,7-10,12H2,1-2H3,(H,19,22)(H2,20,21,23). The van der Waals surface area contributed by atoms with Gasteiger partial charge in [0.25, 0.3) is 5.91 Å². The van der Waals surface area contributed by atoms with Crippen LogP contribution in [0.5, 0.6) is 0 Å². The Morgan fingerprint density at radius 3 is 2.79 bits per heavy atom. The Bertz CT molecular complexity index is 556. The fourth-order valence-corrected chi connectivity index (χ4v) is 2.18. The predicted molar refractivity (Wildman–Crippen MR) is 94.2 cm³/mol. The van der Waals surface area contributed by atoms with E-state index in [-0.39, 0.29) is 18.0 Å². The van der Waals surface area contributed by atoms with Crippen LogP contribution in [0.3, 0.4) is 0 Å². The van der Waals surface area contributed by atoms with Crippen molar-refractivity contribution >= 4 is 17.6 Å². The quantitative estimate of drug-likeness (QED) is 0.608. The summed E-state index contributed by atoms with van der Waals surface area (Å²) in [7, 11) is 0. The molecule has 0 aromatic heterocycles. The van der Waals surface area contributed by atoms with Crippen LogP contribution < -0.4 is 16.0 Å². The van der Waals surface area contributed by atoms with E-state index < -0.39 is 0 Å². The highest BCUT2D eigenvalue weighted by Gasteiger charge is 2.20. The summed E-state index contributed by atoms with van der Waals surface area (Å²) >= 11 is 0. The molecule has 0 heterocycles. The molecule has 0 spiro atoms. The third-order valence-corrected chi connectivity index (χ3v) is 3.60. The maximum Gasteiger partial charge on any atom is 0.319 e. The van der Waals surface area contributed by atoms with Gasteiger partial charge in [-0.05, 0) is 57.2 Å². The Morgan fingerprint density at radius 2 is 2.08 bits per heavy atom. The van der Waals surface area contributed by atoms with Crippen molar-refractivity contribution in [3.05, 3.63) is 29.8 Å². The molecule has 1 aliphatic rings. The molecule has 2 rings (SSSR count). The number of amides is 3. The molecule has 1 fully saturated rings. The van der Waals surface area contributed by atoms with Crippen LogP contribution in [0, 0.1) is 5.92 Å². The maximum atomic E-state index is 12.1. The number of anilines is 1. The summed E-state index contributed by atoms with van der Waals surface area (Å²) in [5, 5.41) is 8.33. The minimum atomic E-state index is -0.282. The number of hydrogen-bond acceptors (Lipinski definition) is 3. The number of benzene rings is 1. The number of hydrogen-bond donors (Lipinski definition) is 3. The van der Waals surface area contributed by atoms with Gasteiger partial charge in [0.1, 0.15) is 0 Å². The Labute approximate surface area is 143 Å². The van der Waals surface area contributed by atoms with Crippen LogP contribution in [0.15, 0.2) is 24.3 Å². The minimum absolute atomic E-state index is 0.0543. The number of carbonyl (C=O) groups excluding carboxylic acids is 2. The predicted octanol–water partition coefficient (Wildman–Crippen LogP) is 2.76. The van der Waals surface area contributed by atoms with Crippen LogP contribution >= 0.6 is 0 Å². The summed E-state index contributed by atoms with van der Waals surface area (Å²) in [5.74, 6) is 0.618. The zero-order valence-corrected chi connectivity index (χ0v) is 14.4. The van der Waals surface area contributed by atoms with E-state index in [0.717, 1.165) is 18.9 Å². The monoisotopic (exact) mass is 333 g/mol. The summed E-state index contributed by atoms with van der Waals surface area (Å²) < 4.78 is 5.53. The van der Waals surface area contributed by atoms with Crippen molar-refractivity contribution < 1.29 is 14.3 Å². The Kier molecular flexibility index (Phi) is 7.06. The lowest BCUT2D eigenvalue weighted by atomic mass is 10.2. The number of nitrogens with one attached hydrogen (secondary N) is 3. The first-order valence-corrected chi connectivity index (χ1v) is 8.58. The second-order valence-electron chi connectivity index (χ2n) is 6.46.